The molecular weight excluding hydrogens is 450 g/mol. The Kier molecular flexibility index (Phi) is 7.12. The highest BCUT2D eigenvalue weighted by atomic mass is 32.1. The molecule has 2 saturated carbocycles. The Hall–Kier alpha value is -2.67. The Balaban J connectivity index is 1.67. The number of carboxylic acids is 1. The van der Waals surface area contributed by atoms with Gasteiger partial charge in [-0.1, -0.05) is 38.1 Å². The molecule has 6 nitrogen and oxygen atoms in total. The highest BCUT2D eigenvalue weighted by molar-refractivity contribution is 7.17. The first-order valence-electron chi connectivity index (χ1n) is 12.1. The Morgan fingerprint density at radius 2 is 1.76 bits per heavy atom. The number of nitrogens with one attached hydrogen (secondary N) is 1. The molecule has 4 atom stereocenters. The quantitative estimate of drug-likeness (QED) is 0.464. The molecule has 0 aliphatic heterocycles. The fourth-order valence-corrected chi connectivity index (χ4v) is 6.94. The van der Waals surface area contributed by atoms with E-state index in [9.17, 15) is 19.5 Å². The van der Waals surface area contributed by atoms with Crippen LogP contribution in [-0.4, -0.2) is 29.6 Å². The largest absolute Gasteiger partial charge is 0.481 e. The second-order valence-electron chi connectivity index (χ2n) is 9.97. The smallest absolute Gasteiger partial charge is 0.341 e. The molecule has 7 heteroatoms. The van der Waals surface area contributed by atoms with E-state index in [1.165, 1.54) is 16.9 Å². The number of aryl methyl sites for hydroxylation is 1. The Bertz CT molecular complexity index is 1090. The zero-order valence-electron chi connectivity index (χ0n) is 20.2. The predicted molar refractivity (Wildman–Crippen MR) is 133 cm³/mol. The van der Waals surface area contributed by atoms with Crippen molar-refractivity contribution in [1.29, 1.82) is 0 Å². The molecule has 0 spiro atoms. The molecule has 34 heavy (non-hydrogen) atoms. The summed E-state index contributed by atoms with van der Waals surface area (Å²) in [4.78, 5) is 39.2. The van der Waals surface area contributed by atoms with E-state index in [0.29, 0.717) is 16.5 Å². The molecule has 2 aliphatic carbocycles. The number of hydrogen-bond donors (Lipinski definition) is 2. The van der Waals surface area contributed by atoms with Crippen LogP contribution in [0.2, 0.25) is 0 Å². The van der Waals surface area contributed by atoms with Crippen LogP contribution in [0.4, 0.5) is 5.00 Å². The summed E-state index contributed by atoms with van der Waals surface area (Å²) in [7, 11) is 0. The number of esters is 1. The first-order chi connectivity index (χ1) is 16.2. The molecular formula is C27H33NO5S. The van der Waals surface area contributed by atoms with Crippen LogP contribution in [-0.2, 0) is 20.7 Å². The fourth-order valence-electron chi connectivity index (χ4n) is 5.88. The Labute approximate surface area is 204 Å². The maximum absolute atomic E-state index is 13.3. The van der Waals surface area contributed by atoms with Crippen molar-refractivity contribution in [1.82, 2.24) is 0 Å². The number of hydrogen-bond acceptors (Lipinski definition) is 5. The summed E-state index contributed by atoms with van der Waals surface area (Å²) in [6.07, 6.45) is 3.52. The molecule has 1 aromatic carbocycles. The number of benzene rings is 1. The molecule has 1 aromatic heterocycles. The van der Waals surface area contributed by atoms with E-state index in [4.69, 9.17) is 4.74 Å². The predicted octanol–water partition coefficient (Wildman–Crippen LogP) is 5.78. The van der Waals surface area contributed by atoms with Gasteiger partial charge < -0.3 is 15.2 Å². The lowest BCUT2D eigenvalue weighted by molar-refractivity contribution is -0.148. The zero-order chi connectivity index (χ0) is 24.6. The van der Waals surface area contributed by atoms with Gasteiger partial charge in [-0.05, 0) is 68.4 Å². The van der Waals surface area contributed by atoms with Gasteiger partial charge in [0.05, 0.1) is 18.4 Å². The first kappa shape index (κ1) is 24.5. The molecule has 4 rings (SSSR count). The van der Waals surface area contributed by atoms with Gasteiger partial charge in [0.2, 0.25) is 5.91 Å². The molecule has 1 heterocycles. The van der Waals surface area contributed by atoms with Gasteiger partial charge in [-0.15, -0.1) is 11.3 Å². The van der Waals surface area contributed by atoms with Crippen molar-refractivity contribution in [2.45, 2.75) is 53.4 Å². The molecule has 2 N–H and O–H groups in total. The Morgan fingerprint density at radius 3 is 2.35 bits per heavy atom. The number of thiophene rings is 1. The van der Waals surface area contributed by atoms with Gasteiger partial charge in [-0.3, -0.25) is 9.59 Å². The lowest BCUT2D eigenvalue weighted by Gasteiger charge is -2.27. The summed E-state index contributed by atoms with van der Waals surface area (Å²) in [5.41, 5.74) is 3.24. The van der Waals surface area contributed by atoms with E-state index in [2.05, 4.69) is 31.3 Å². The molecule has 2 fully saturated rings. The van der Waals surface area contributed by atoms with Crippen molar-refractivity contribution in [3.05, 3.63) is 40.3 Å². The van der Waals surface area contributed by atoms with Crippen LogP contribution in [0.3, 0.4) is 0 Å². The minimum atomic E-state index is -0.900. The third kappa shape index (κ3) is 4.63. The van der Waals surface area contributed by atoms with Crippen LogP contribution in [0.1, 0.15) is 60.8 Å². The number of carbonyl (C=O) groups excluding carboxylic acids is 2. The summed E-state index contributed by atoms with van der Waals surface area (Å²) in [6.45, 7) is 8.26. The van der Waals surface area contributed by atoms with Gasteiger partial charge in [-0.25, -0.2) is 4.79 Å². The van der Waals surface area contributed by atoms with Gasteiger partial charge in [0.15, 0.2) is 0 Å². The fraction of sp³-hybridized carbons (Fsp3) is 0.519. The second kappa shape index (κ2) is 9.90. The first-order valence-corrected chi connectivity index (χ1v) is 13.0. The normalized spacial score (nSPS) is 23.3. The standard InChI is InChI=1S/C27H33NO5S/c1-5-33-27(32)23-20(17-8-6-16(7-9-17)12-14(2)3)15(4)34-25(23)28-24(29)21-18-10-11-19(13-18)22(21)26(30)31/h6-9,14,18-19,21-22H,5,10-13H2,1-4H3,(H,28,29)(H,30,31)/t18-,19-,21+,22+/m0/s1. The van der Waals surface area contributed by atoms with E-state index in [-0.39, 0.29) is 24.3 Å². The molecule has 2 aliphatic rings. The van der Waals surface area contributed by atoms with Crippen molar-refractivity contribution < 1.29 is 24.2 Å². The average Bonchev–Trinajstić information content (AvgIpc) is 3.47. The van der Waals surface area contributed by atoms with Crippen molar-refractivity contribution in [2.24, 2.45) is 29.6 Å². The van der Waals surface area contributed by atoms with E-state index in [1.54, 1.807) is 6.92 Å². The minimum absolute atomic E-state index is 0.0627. The Morgan fingerprint density at radius 1 is 1.12 bits per heavy atom. The van der Waals surface area contributed by atoms with Crippen LogP contribution in [0.25, 0.3) is 11.1 Å². The summed E-state index contributed by atoms with van der Waals surface area (Å²) in [5.74, 6) is -2.20. The summed E-state index contributed by atoms with van der Waals surface area (Å²) in [6, 6.07) is 8.17. The van der Waals surface area contributed by atoms with E-state index >= 15 is 0 Å². The number of ether oxygens (including phenoxy) is 1. The van der Waals surface area contributed by atoms with Gasteiger partial charge in [0.1, 0.15) is 10.6 Å². The number of carboxylic acid groups (broad SMARTS) is 1. The third-order valence-corrected chi connectivity index (χ3v) is 8.21. The van der Waals surface area contributed by atoms with E-state index in [1.807, 2.05) is 19.1 Å². The minimum Gasteiger partial charge on any atom is -0.481 e. The van der Waals surface area contributed by atoms with Gasteiger partial charge in [0.25, 0.3) is 0 Å². The number of aliphatic carboxylic acids is 1. The lowest BCUT2D eigenvalue weighted by atomic mass is 9.78. The molecule has 182 valence electrons. The van der Waals surface area contributed by atoms with Crippen molar-refractivity contribution in [2.75, 3.05) is 11.9 Å². The SMILES string of the molecule is CCOC(=O)c1c(NC(=O)[C@@H]2[C@H]3CC[C@@H](C3)[C@H]2C(=O)O)sc(C)c1-c1ccc(CC(C)C)cc1. The highest BCUT2D eigenvalue weighted by Gasteiger charge is 2.54. The lowest BCUT2D eigenvalue weighted by Crippen LogP contribution is -2.37. The maximum Gasteiger partial charge on any atom is 0.341 e. The molecule has 2 aromatic rings. The number of anilines is 1. The van der Waals surface area contributed by atoms with E-state index in [0.717, 1.165) is 41.7 Å². The number of amides is 1. The number of carbonyl (C=O) groups is 3. The summed E-state index contributed by atoms with van der Waals surface area (Å²) >= 11 is 1.34. The number of fused-ring (bicyclic) bond motifs is 2. The monoisotopic (exact) mass is 483 g/mol. The van der Waals surface area contributed by atoms with Crippen LogP contribution >= 0.6 is 11.3 Å². The van der Waals surface area contributed by atoms with Gasteiger partial charge in [0, 0.05) is 10.4 Å². The zero-order valence-corrected chi connectivity index (χ0v) is 21.0. The van der Waals surface area contributed by atoms with Crippen molar-refractivity contribution >= 4 is 34.2 Å². The van der Waals surface area contributed by atoms with Crippen molar-refractivity contribution in [3.8, 4) is 11.1 Å². The van der Waals surface area contributed by atoms with E-state index < -0.39 is 23.8 Å². The average molecular weight is 484 g/mol. The third-order valence-electron chi connectivity index (χ3n) is 7.19. The van der Waals surface area contributed by atoms with Crippen LogP contribution in [0, 0.1) is 36.5 Å². The molecule has 2 bridgehead atoms. The summed E-state index contributed by atoms with van der Waals surface area (Å²) in [5, 5.41) is 13.1. The molecule has 0 radical (unpaired) electrons. The van der Waals surface area contributed by atoms with Crippen LogP contribution in [0.15, 0.2) is 24.3 Å². The molecule has 0 unspecified atom stereocenters. The summed E-state index contributed by atoms with van der Waals surface area (Å²) < 4.78 is 5.36. The van der Waals surface area contributed by atoms with Crippen LogP contribution < -0.4 is 5.32 Å². The van der Waals surface area contributed by atoms with Gasteiger partial charge >= 0.3 is 11.9 Å². The second-order valence-corrected chi connectivity index (χ2v) is 11.2. The highest BCUT2D eigenvalue weighted by Crippen LogP contribution is 2.53. The van der Waals surface area contributed by atoms with Crippen molar-refractivity contribution in [3.63, 3.8) is 0 Å². The molecule has 1 amide bonds. The van der Waals surface area contributed by atoms with Gasteiger partial charge in [-0.2, -0.15) is 0 Å². The van der Waals surface area contributed by atoms with Crippen LogP contribution in [0.5, 0.6) is 0 Å². The maximum atomic E-state index is 13.3. The molecule has 0 saturated heterocycles. The topological polar surface area (TPSA) is 92.7 Å². The number of rotatable bonds is 8.